The first-order valence-corrected chi connectivity index (χ1v) is 6.59. The van der Waals surface area contributed by atoms with Crippen molar-refractivity contribution in [1.29, 1.82) is 0 Å². The number of rotatable bonds is 4. The Bertz CT molecular complexity index is 421. The van der Waals surface area contributed by atoms with E-state index in [1.165, 1.54) is 12.1 Å². The first kappa shape index (κ1) is 13.1. The van der Waals surface area contributed by atoms with Crippen molar-refractivity contribution in [2.75, 3.05) is 6.54 Å². The summed E-state index contributed by atoms with van der Waals surface area (Å²) in [6.45, 7) is 4.85. The van der Waals surface area contributed by atoms with E-state index in [4.69, 9.17) is 0 Å². The Kier molecular flexibility index (Phi) is 3.69. The summed E-state index contributed by atoms with van der Waals surface area (Å²) in [7, 11) is 0. The number of carbonyl (C=O) groups is 1. The Balaban J connectivity index is 2.15. The second kappa shape index (κ2) is 5.09. The summed E-state index contributed by atoms with van der Waals surface area (Å²) in [4.78, 5) is 12.3. The minimum Gasteiger partial charge on any atom is -0.355 e. The van der Waals surface area contributed by atoms with Crippen molar-refractivity contribution in [1.82, 2.24) is 5.32 Å². The molecule has 1 saturated carbocycles. The highest BCUT2D eigenvalue weighted by Gasteiger charge is 2.45. The second-order valence-electron chi connectivity index (χ2n) is 5.55. The maximum Gasteiger partial charge on any atom is 0.230 e. The van der Waals surface area contributed by atoms with Crippen LogP contribution in [-0.2, 0) is 10.2 Å². The van der Waals surface area contributed by atoms with Gasteiger partial charge in [0.2, 0.25) is 5.91 Å². The van der Waals surface area contributed by atoms with Gasteiger partial charge in [-0.25, -0.2) is 4.39 Å². The second-order valence-corrected chi connectivity index (χ2v) is 5.55. The van der Waals surface area contributed by atoms with E-state index in [1.54, 1.807) is 12.1 Å². The van der Waals surface area contributed by atoms with Crippen LogP contribution in [0.3, 0.4) is 0 Å². The van der Waals surface area contributed by atoms with Crippen molar-refractivity contribution in [2.24, 2.45) is 5.92 Å². The number of nitrogens with one attached hydrogen (secondary N) is 1. The standard InChI is InChI=1S/C15H20FNO/c1-11(2)10-17-14(18)15(8-3-9-15)12-4-6-13(16)7-5-12/h4-7,11H,3,8-10H2,1-2H3,(H,17,18). The summed E-state index contributed by atoms with van der Waals surface area (Å²) in [6.07, 6.45) is 2.79. The smallest absolute Gasteiger partial charge is 0.230 e. The number of benzene rings is 1. The molecule has 1 fully saturated rings. The van der Waals surface area contributed by atoms with Crippen molar-refractivity contribution in [3.05, 3.63) is 35.6 Å². The molecule has 0 spiro atoms. The van der Waals surface area contributed by atoms with Crippen molar-refractivity contribution < 1.29 is 9.18 Å². The number of carbonyl (C=O) groups excluding carboxylic acids is 1. The molecule has 1 aromatic rings. The fraction of sp³-hybridized carbons (Fsp3) is 0.533. The fourth-order valence-corrected chi connectivity index (χ4v) is 2.41. The molecule has 2 nitrogen and oxygen atoms in total. The molecular formula is C15H20FNO. The third kappa shape index (κ3) is 2.40. The predicted molar refractivity (Wildman–Crippen MR) is 69.8 cm³/mol. The summed E-state index contributed by atoms with van der Waals surface area (Å²) < 4.78 is 13.0. The van der Waals surface area contributed by atoms with E-state index < -0.39 is 5.41 Å². The molecule has 0 aromatic heterocycles. The summed E-state index contributed by atoms with van der Waals surface area (Å²) >= 11 is 0. The molecular weight excluding hydrogens is 229 g/mol. The zero-order valence-electron chi connectivity index (χ0n) is 11.0. The van der Waals surface area contributed by atoms with E-state index in [0.717, 1.165) is 24.8 Å². The monoisotopic (exact) mass is 249 g/mol. The van der Waals surface area contributed by atoms with Crippen LogP contribution in [0.5, 0.6) is 0 Å². The van der Waals surface area contributed by atoms with Crippen molar-refractivity contribution >= 4 is 5.91 Å². The van der Waals surface area contributed by atoms with Crippen LogP contribution in [0, 0.1) is 11.7 Å². The Labute approximate surface area is 108 Å². The minimum absolute atomic E-state index is 0.0917. The molecule has 3 heteroatoms. The van der Waals surface area contributed by atoms with E-state index in [9.17, 15) is 9.18 Å². The number of hydrogen-bond donors (Lipinski definition) is 1. The molecule has 0 atom stereocenters. The molecule has 1 N–H and O–H groups in total. The van der Waals surface area contributed by atoms with E-state index in [1.807, 2.05) is 0 Å². The number of hydrogen-bond acceptors (Lipinski definition) is 1. The van der Waals surface area contributed by atoms with Crippen LogP contribution in [0.25, 0.3) is 0 Å². The zero-order chi connectivity index (χ0) is 13.2. The van der Waals surface area contributed by atoms with Crippen LogP contribution in [0.4, 0.5) is 4.39 Å². The Hall–Kier alpha value is -1.38. The van der Waals surface area contributed by atoms with Crippen molar-refractivity contribution in [2.45, 2.75) is 38.5 Å². The normalized spacial score (nSPS) is 17.3. The lowest BCUT2D eigenvalue weighted by molar-refractivity contribution is -0.130. The highest BCUT2D eigenvalue weighted by atomic mass is 19.1. The quantitative estimate of drug-likeness (QED) is 0.873. The Morgan fingerprint density at radius 3 is 2.39 bits per heavy atom. The molecule has 1 aromatic carbocycles. The number of halogens is 1. The maximum absolute atomic E-state index is 13.0. The zero-order valence-corrected chi connectivity index (χ0v) is 11.0. The molecule has 1 amide bonds. The molecule has 0 aliphatic heterocycles. The van der Waals surface area contributed by atoms with Gasteiger partial charge in [-0.15, -0.1) is 0 Å². The van der Waals surface area contributed by atoms with Gasteiger partial charge < -0.3 is 5.32 Å². The topological polar surface area (TPSA) is 29.1 Å². The highest BCUT2D eigenvalue weighted by Crippen LogP contribution is 2.43. The molecule has 2 rings (SSSR count). The largest absolute Gasteiger partial charge is 0.355 e. The van der Waals surface area contributed by atoms with Crippen LogP contribution in [0.1, 0.15) is 38.7 Å². The average molecular weight is 249 g/mol. The third-order valence-corrected chi connectivity index (χ3v) is 3.71. The molecule has 0 heterocycles. The van der Waals surface area contributed by atoms with Gasteiger partial charge in [0.25, 0.3) is 0 Å². The van der Waals surface area contributed by atoms with Gasteiger partial charge in [0.05, 0.1) is 5.41 Å². The molecule has 0 unspecified atom stereocenters. The number of amides is 1. The van der Waals surface area contributed by atoms with Gasteiger partial charge in [-0.2, -0.15) is 0 Å². The lowest BCUT2D eigenvalue weighted by Crippen LogP contribution is -2.49. The van der Waals surface area contributed by atoms with Gasteiger partial charge >= 0.3 is 0 Å². The van der Waals surface area contributed by atoms with E-state index in [2.05, 4.69) is 19.2 Å². The molecule has 0 bridgehead atoms. The summed E-state index contributed by atoms with van der Waals surface area (Å²) in [6, 6.07) is 6.35. The highest BCUT2D eigenvalue weighted by molar-refractivity contribution is 5.89. The predicted octanol–water partition coefficient (Wildman–Crippen LogP) is 3.02. The van der Waals surface area contributed by atoms with E-state index in [0.29, 0.717) is 12.5 Å². The van der Waals surface area contributed by atoms with Gasteiger partial charge in [-0.1, -0.05) is 32.4 Å². The molecule has 18 heavy (non-hydrogen) atoms. The lowest BCUT2D eigenvalue weighted by Gasteiger charge is -2.41. The molecule has 0 radical (unpaired) electrons. The summed E-state index contributed by atoms with van der Waals surface area (Å²) in [5.74, 6) is 0.282. The van der Waals surface area contributed by atoms with Crippen LogP contribution in [-0.4, -0.2) is 12.5 Å². The molecule has 1 aliphatic rings. The summed E-state index contributed by atoms with van der Waals surface area (Å²) in [5.41, 5.74) is 0.527. The molecule has 0 saturated heterocycles. The van der Waals surface area contributed by atoms with Gasteiger partial charge in [0.1, 0.15) is 5.82 Å². The maximum atomic E-state index is 13.0. The fourth-order valence-electron chi connectivity index (χ4n) is 2.41. The van der Waals surface area contributed by atoms with Gasteiger partial charge in [-0.05, 0) is 36.5 Å². The van der Waals surface area contributed by atoms with Crippen LogP contribution in [0.15, 0.2) is 24.3 Å². The lowest BCUT2D eigenvalue weighted by atomic mass is 9.64. The minimum atomic E-state index is -0.414. The van der Waals surface area contributed by atoms with Crippen molar-refractivity contribution in [3.8, 4) is 0 Å². The van der Waals surface area contributed by atoms with Crippen LogP contribution in [0.2, 0.25) is 0 Å². The summed E-state index contributed by atoms with van der Waals surface area (Å²) in [5, 5.41) is 3.01. The first-order chi connectivity index (χ1) is 8.54. The van der Waals surface area contributed by atoms with Crippen LogP contribution >= 0.6 is 0 Å². The van der Waals surface area contributed by atoms with Crippen LogP contribution < -0.4 is 5.32 Å². The van der Waals surface area contributed by atoms with Gasteiger partial charge in [0.15, 0.2) is 0 Å². The third-order valence-electron chi connectivity index (χ3n) is 3.71. The Morgan fingerprint density at radius 1 is 1.33 bits per heavy atom. The van der Waals surface area contributed by atoms with E-state index >= 15 is 0 Å². The van der Waals surface area contributed by atoms with Gasteiger partial charge in [0, 0.05) is 6.54 Å². The van der Waals surface area contributed by atoms with E-state index in [-0.39, 0.29) is 11.7 Å². The van der Waals surface area contributed by atoms with Crippen molar-refractivity contribution in [3.63, 3.8) is 0 Å². The van der Waals surface area contributed by atoms with Gasteiger partial charge in [-0.3, -0.25) is 4.79 Å². The average Bonchev–Trinajstić information content (AvgIpc) is 2.27. The SMILES string of the molecule is CC(C)CNC(=O)C1(c2ccc(F)cc2)CCC1. The molecule has 98 valence electrons. The first-order valence-electron chi connectivity index (χ1n) is 6.59. The Morgan fingerprint density at radius 2 is 1.94 bits per heavy atom. The molecule has 1 aliphatic carbocycles.